The Labute approximate surface area is 86.2 Å². The molecule has 1 aromatic rings. The van der Waals surface area contributed by atoms with Crippen molar-refractivity contribution in [1.82, 2.24) is 0 Å². The van der Waals surface area contributed by atoms with E-state index in [0.717, 1.165) is 5.56 Å². The second kappa shape index (κ2) is 2.42. The minimum atomic E-state index is -3.50. The van der Waals surface area contributed by atoms with E-state index in [1.54, 1.807) is 6.07 Å². The summed E-state index contributed by atoms with van der Waals surface area (Å²) in [5.41, 5.74) is 0.771. The van der Waals surface area contributed by atoms with Gasteiger partial charge in [0.1, 0.15) is 0 Å². The maximum Gasteiger partial charge on any atom is 0.647 e. The number of rotatable bonds is 1. The summed E-state index contributed by atoms with van der Waals surface area (Å²) in [6, 6.07) is 1.55. The largest absolute Gasteiger partial charge is 0.647 e. The van der Waals surface area contributed by atoms with Crippen LogP contribution >= 0.6 is 7.82 Å². The van der Waals surface area contributed by atoms with E-state index in [2.05, 4.69) is 0 Å². The zero-order valence-corrected chi connectivity index (χ0v) is 9.08. The highest BCUT2D eigenvalue weighted by atomic mass is 31.2. The van der Waals surface area contributed by atoms with Crippen LogP contribution < -0.4 is 13.6 Å². The molecule has 0 spiro atoms. The number of fused-ring (bicyclic) bond motifs is 1. The molecule has 0 saturated carbocycles. The first-order valence-electron chi connectivity index (χ1n) is 4.59. The average Bonchev–Trinajstić information content (AvgIpc) is 2.63. The van der Waals surface area contributed by atoms with E-state index in [1.807, 2.05) is 13.8 Å². The number of phenolic OH excluding ortho intramolecular Hbond substituents is 1. The summed E-state index contributed by atoms with van der Waals surface area (Å²) in [5, 5.41) is 9.64. The molecule has 2 aliphatic rings. The first-order chi connectivity index (χ1) is 7.00. The van der Waals surface area contributed by atoms with Crippen LogP contribution in [0, 0.1) is 0 Å². The fourth-order valence-corrected chi connectivity index (χ4v) is 3.03. The minimum absolute atomic E-state index is 0.0570. The van der Waals surface area contributed by atoms with E-state index in [0.29, 0.717) is 5.75 Å². The van der Waals surface area contributed by atoms with E-state index >= 15 is 0 Å². The molecule has 2 bridgehead atoms. The molecule has 2 heterocycles. The monoisotopic (exact) mass is 228 g/mol. The molecule has 6 heteroatoms. The lowest BCUT2D eigenvalue weighted by Crippen LogP contribution is -2.01. The molecular weight excluding hydrogens is 219 g/mol. The number of phosphoric acid groups is 1. The summed E-state index contributed by atoms with van der Waals surface area (Å²) in [7, 11) is -3.50. The number of benzene rings is 1. The fraction of sp³-hybridized carbons (Fsp3) is 0.333. The third kappa shape index (κ3) is 1.01. The molecule has 5 nitrogen and oxygen atoms in total. The summed E-state index contributed by atoms with van der Waals surface area (Å²) in [4.78, 5) is 0. The maximum atomic E-state index is 11.7. The molecule has 1 N–H and O–H groups in total. The Morgan fingerprint density at radius 1 is 1.20 bits per heavy atom. The van der Waals surface area contributed by atoms with Gasteiger partial charge in [0.2, 0.25) is 11.5 Å². The lowest BCUT2D eigenvalue weighted by molar-refractivity contribution is 0.343. The topological polar surface area (TPSA) is 65.0 Å². The van der Waals surface area contributed by atoms with Gasteiger partial charge in [-0.25, -0.2) is 0 Å². The van der Waals surface area contributed by atoms with Crippen molar-refractivity contribution in [1.29, 1.82) is 0 Å². The van der Waals surface area contributed by atoms with Crippen LogP contribution in [-0.2, 0) is 4.57 Å². The van der Waals surface area contributed by atoms with Crippen molar-refractivity contribution in [2.75, 3.05) is 0 Å². The zero-order chi connectivity index (χ0) is 10.8. The van der Waals surface area contributed by atoms with Gasteiger partial charge in [0.05, 0.1) is 0 Å². The van der Waals surface area contributed by atoms with Crippen LogP contribution in [-0.4, -0.2) is 5.11 Å². The Kier molecular flexibility index (Phi) is 1.44. The van der Waals surface area contributed by atoms with Crippen LogP contribution in [0.2, 0.25) is 0 Å². The minimum Gasteiger partial charge on any atom is -0.504 e. The third-order valence-electron chi connectivity index (χ3n) is 2.43. The lowest BCUT2D eigenvalue weighted by Gasteiger charge is -2.15. The van der Waals surface area contributed by atoms with Crippen molar-refractivity contribution in [3.05, 3.63) is 11.6 Å². The first-order valence-corrected chi connectivity index (χ1v) is 6.05. The van der Waals surface area contributed by atoms with Gasteiger partial charge in [-0.15, -0.1) is 0 Å². The maximum absolute atomic E-state index is 11.7. The number of phosphoric ester groups is 1. The Balaban J connectivity index is 2.31. The van der Waals surface area contributed by atoms with Gasteiger partial charge in [-0.3, -0.25) is 0 Å². The molecular formula is C9H9O5P. The standard InChI is InChI=1S/C9H9O5P/c1-4(2)5-3-6(10)8-9-7(5)12-15(11,13-8)14-9/h3-4,10H,1-2H3. The number of hydrogen-bond acceptors (Lipinski definition) is 5. The van der Waals surface area contributed by atoms with Crippen molar-refractivity contribution in [3.63, 3.8) is 0 Å². The quantitative estimate of drug-likeness (QED) is 0.748. The SMILES string of the molecule is CC(C)c1cc(O)c2c3c1OP(=O)(O2)O3. The zero-order valence-electron chi connectivity index (χ0n) is 8.18. The average molecular weight is 228 g/mol. The van der Waals surface area contributed by atoms with Crippen LogP contribution in [0.4, 0.5) is 0 Å². The summed E-state index contributed by atoms with van der Waals surface area (Å²) in [6.07, 6.45) is 0. The molecule has 2 aliphatic heterocycles. The van der Waals surface area contributed by atoms with Crippen molar-refractivity contribution in [3.8, 4) is 23.0 Å². The highest BCUT2D eigenvalue weighted by molar-refractivity contribution is 7.50. The summed E-state index contributed by atoms with van der Waals surface area (Å²) in [6.45, 7) is 3.90. The predicted molar refractivity (Wildman–Crippen MR) is 51.7 cm³/mol. The summed E-state index contributed by atoms with van der Waals surface area (Å²) >= 11 is 0. The predicted octanol–water partition coefficient (Wildman–Crippen LogP) is 2.79. The van der Waals surface area contributed by atoms with E-state index in [9.17, 15) is 9.67 Å². The summed E-state index contributed by atoms with van der Waals surface area (Å²) in [5.74, 6) is 0.920. The number of hydrogen-bond donors (Lipinski definition) is 1. The Bertz CT molecular complexity index is 508. The van der Waals surface area contributed by atoms with Gasteiger partial charge in [-0.05, 0) is 12.0 Å². The molecule has 0 saturated heterocycles. The second-order valence-corrected chi connectivity index (χ2v) is 5.29. The first kappa shape index (κ1) is 8.92. The van der Waals surface area contributed by atoms with Crippen molar-refractivity contribution in [2.45, 2.75) is 19.8 Å². The molecule has 3 rings (SSSR count). The van der Waals surface area contributed by atoms with Crippen LogP contribution in [0.5, 0.6) is 23.0 Å². The highest BCUT2D eigenvalue weighted by Crippen LogP contribution is 2.72. The molecule has 1 aromatic carbocycles. The molecule has 0 radical (unpaired) electrons. The van der Waals surface area contributed by atoms with Gasteiger partial charge in [0.25, 0.3) is 0 Å². The molecule has 1 atom stereocenters. The number of aromatic hydroxyl groups is 1. The van der Waals surface area contributed by atoms with Crippen molar-refractivity contribution in [2.24, 2.45) is 0 Å². The smallest absolute Gasteiger partial charge is 0.504 e. The van der Waals surface area contributed by atoms with E-state index < -0.39 is 7.82 Å². The molecule has 0 fully saturated rings. The molecule has 80 valence electrons. The van der Waals surface area contributed by atoms with Crippen molar-refractivity contribution >= 4 is 7.82 Å². The Morgan fingerprint density at radius 3 is 2.40 bits per heavy atom. The third-order valence-corrected chi connectivity index (χ3v) is 3.65. The van der Waals surface area contributed by atoms with Crippen LogP contribution in [0.1, 0.15) is 25.3 Å². The van der Waals surface area contributed by atoms with Crippen molar-refractivity contribution < 1.29 is 23.2 Å². The molecule has 0 amide bonds. The molecule has 15 heavy (non-hydrogen) atoms. The Hall–Kier alpha value is -1.35. The van der Waals surface area contributed by atoms with Crippen LogP contribution in [0.15, 0.2) is 6.07 Å². The van der Waals surface area contributed by atoms with Crippen LogP contribution in [0.25, 0.3) is 0 Å². The highest BCUT2D eigenvalue weighted by Gasteiger charge is 2.52. The van der Waals surface area contributed by atoms with Gasteiger partial charge >= 0.3 is 7.82 Å². The van der Waals surface area contributed by atoms with Gasteiger partial charge in [0, 0.05) is 5.56 Å². The van der Waals surface area contributed by atoms with Gasteiger partial charge in [-0.2, -0.15) is 4.57 Å². The number of phenols is 1. The molecule has 0 aliphatic carbocycles. The van der Waals surface area contributed by atoms with Crippen LogP contribution in [0.3, 0.4) is 0 Å². The van der Waals surface area contributed by atoms with E-state index in [1.165, 1.54) is 0 Å². The summed E-state index contributed by atoms with van der Waals surface area (Å²) < 4.78 is 26.7. The van der Waals surface area contributed by atoms with Gasteiger partial charge in [0.15, 0.2) is 11.5 Å². The normalized spacial score (nSPS) is 25.0. The lowest BCUT2D eigenvalue weighted by atomic mass is 10.0. The van der Waals surface area contributed by atoms with Gasteiger partial charge in [-0.1, -0.05) is 13.8 Å². The Morgan fingerprint density at radius 2 is 1.80 bits per heavy atom. The molecule has 1 unspecified atom stereocenters. The second-order valence-electron chi connectivity index (χ2n) is 3.85. The van der Waals surface area contributed by atoms with E-state index in [-0.39, 0.29) is 23.2 Å². The fourth-order valence-electron chi connectivity index (χ4n) is 1.71. The molecule has 0 aromatic heterocycles. The van der Waals surface area contributed by atoms with Gasteiger partial charge < -0.3 is 18.7 Å². The van der Waals surface area contributed by atoms with E-state index in [4.69, 9.17) is 13.6 Å².